The Labute approximate surface area is 165 Å². The number of hydrogen-bond acceptors (Lipinski definition) is 4. The summed E-state index contributed by atoms with van der Waals surface area (Å²) in [4.78, 5) is 16.4. The molecule has 0 N–H and O–H groups in total. The van der Waals surface area contributed by atoms with E-state index in [1.807, 2.05) is 66.1 Å². The van der Waals surface area contributed by atoms with Gasteiger partial charge in [0.15, 0.2) is 0 Å². The molecule has 3 aromatic rings. The van der Waals surface area contributed by atoms with Crippen LogP contribution in [-0.2, 0) is 11.3 Å². The summed E-state index contributed by atoms with van der Waals surface area (Å²) in [6.45, 7) is 5.06. The van der Waals surface area contributed by atoms with Gasteiger partial charge in [0, 0.05) is 0 Å². The Balaban J connectivity index is 1.64. The van der Waals surface area contributed by atoms with Crippen LogP contribution >= 0.6 is 0 Å². The minimum atomic E-state index is -0.333. The average molecular weight is 378 g/mol. The SMILES string of the molecule is CCCCOC(=O)c1cncn1C(C)c1ccc(OCc2ccccc2)cc1. The fourth-order valence-corrected chi connectivity index (χ4v) is 2.90. The van der Waals surface area contributed by atoms with E-state index in [1.165, 1.54) is 0 Å². The molecule has 5 nitrogen and oxygen atoms in total. The molecule has 146 valence electrons. The molecule has 1 aromatic heterocycles. The van der Waals surface area contributed by atoms with Crippen LogP contribution in [0.25, 0.3) is 0 Å². The zero-order valence-electron chi connectivity index (χ0n) is 16.4. The van der Waals surface area contributed by atoms with Crippen LogP contribution in [0.5, 0.6) is 5.75 Å². The number of benzene rings is 2. The smallest absolute Gasteiger partial charge is 0.356 e. The highest BCUT2D eigenvalue weighted by Crippen LogP contribution is 2.23. The Kier molecular flexibility index (Phi) is 6.84. The standard InChI is InChI=1S/C23H26N2O3/c1-3-4-14-27-23(26)22-15-24-17-25(22)18(2)20-10-12-21(13-11-20)28-16-19-8-6-5-7-9-19/h5-13,15,17-18H,3-4,14,16H2,1-2H3. The first-order valence-electron chi connectivity index (χ1n) is 9.64. The van der Waals surface area contributed by atoms with Crippen molar-refractivity contribution in [3.05, 3.63) is 83.9 Å². The van der Waals surface area contributed by atoms with Crippen LogP contribution in [0.3, 0.4) is 0 Å². The normalized spacial score (nSPS) is 11.8. The third-order valence-corrected chi connectivity index (χ3v) is 4.63. The summed E-state index contributed by atoms with van der Waals surface area (Å²) in [6.07, 6.45) is 5.07. The van der Waals surface area contributed by atoms with E-state index >= 15 is 0 Å². The molecule has 5 heteroatoms. The Bertz CT molecular complexity index is 872. The fourth-order valence-electron chi connectivity index (χ4n) is 2.90. The van der Waals surface area contributed by atoms with Crippen molar-refractivity contribution in [2.75, 3.05) is 6.61 Å². The first-order chi connectivity index (χ1) is 13.7. The van der Waals surface area contributed by atoms with Gasteiger partial charge in [-0.15, -0.1) is 0 Å². The fraction of sp³-hybridized carbons (Fsp3) is 0.304. The van der Waals surface area contributed by atoms with Gasteiger partial charge >= 0.3 is 5.97 Å². The summed E-state index contributed by atoms with van der Waals surface area (Å²) in [6, 6.07) is 17.9. The zero-order valence-corrected chi connectivity index (χ0v) is 16.4. The van der Waals surface area contributed by atoms with Crippen molar-refractivity contribution in [1.82, 2.24) is 9.55 Å². The zero-order chi connectivity index (χ0) is 19.8. The Hall–Kier alpha value is -3.08. The van der Waals surface area contributed by atoms with Crippen molar-refractivity contribution in [3.63, 3.8) is 0 Å². The van der Waals surface area contributed by atoms with Gasteiger partial charge in [0.2, 0.25) is 0 Å². The summed E-state index contributed by atoms with van der Waals surface area (Å²) in [5.41, 5.74) is 2.66. The van der Waals surface area contributed by atoms with Crippen molar-refractivity contribution in [2.45, 2.75) is 39.3 Å². The molecule has 1 heterocycles. The first kappa shape index (κ1) is 19.7. The highest BCUT2D eigenvalue weighted by Gasteiger charge is 2.18. The van der Waals surface area contributed by atoms with Gasteiger partial charge in [-0.3, -0.25) is 0 Å². The molecular formula is C23H26N2O3. The third kappa shape index (κ3) is 5.00. The second-order valence-electron chi connectivity index (χ2n) is 6.69. The van der Waals surface area contributed by atoms with E-state index in [0.29, 0.717) is 18.9 Å². The van der Waals surface area contributed by atoms with E-state index in [9.17, 15) is 4.79 Å². The van der Waals surface area contributed by atoms with E-state index in [4.69, 9.17) is 9.47 Å². The number of aromatic nitrogens is 2. The molecule has 0 aliphatic carbocycles. The lowest BCUT2D eigenvalue weighted by Crippen LogP contribution is -2.16. The van der Waals surface area contributed by atoms with E-state index in [-0.39, 0.29) is 12.0 Å². The summed E-state index contributed by atoms with van der Waals surface area (Å²) in [5.74, 6) is 0.477. The van der Waals surface area contributed by atoms with Gasteiger partial charge in [0.05, 0.1) is 25.2 Å². The van der Waals surface area contributed by atoms with Crippen molar-refractivity contribution in [3.8, 4) is 5.75 Å². The van der Waals surface area contributed by atoms with Gasteiger partial charge in [-0.2, -0.15) is 0 Å². The van der Waals surface area contributed by atoms with Gasteiger partial charge in [-0.25, -0.2) is 9.78 Å². The molecule has 28 heavy (non-hydrogen) atoms. The molecule has 0 spiro atoms. The van der Waals surface area contributed by atoms with Crippen LogP contribution < -0.4 is 4.74 Å². The maximum absolute atomic E-state index is 12.3. The molecular weight excluding hydrogens is 352 g/mol. The summed E-state index contributed by atoms with van der Waals surface area (Å²) >= 11 is 0. The highest BCUT2D eigenvalue weighted by atomic mass is 16.5. The number of esters is 1. The minimum Gasteiger partial charge on any atom is -0.489 e. The van der Waals surface area contributed by atoms with Gasteiger partial charge in [-0.05, 0) is 36.6 Å². The summed E-state index contributed by atoms with van der Waals surface area (Å²) < 4.78 is 13.0. The Morgan fingerprint density at radius 3 is 2.57 bits per heavy atom. The van der Waals surface area contributed by atoms with Crippen molar-refractivity contribution >= 4 is 5.97 Å². The van der Waals surface area contributed by atoms with Crippen LogP contribution in [0.1, 0.15) is 54.3 Å². The van der Waals surface area contributed by atoms with E-state index in [0.717, 1.165) is 29.7 Å². The summed E-state index contributed by atoms with van der Waals surface area (Å²) in [5, 5.41) is 0. The largest absolute Gasteiger partial charge is 0.489 e. The van der Waals surface area contributed by atoms with Crippen molar-refractivity contribution in [2.24, 2.45) is 0 Å². The monoisotopic (exact) mass is 378 g/mol. The Morgan fingerprint density at radius 2 is 1.86 bits per heavy atom. The van der Waals surface area contributed by atoms with Crippen LogP contribution in [-0.4, -0.2) is 22.1 Å². The average Bonchev–Trinajstić information content (AvgIpc) is 3.23. The second kappa shape index (κ2) is 9.74. The molecule has 0 radical (unpaired) electrons. The predicted octanol–water partition coefficient (Wildman–Crippen LogP) is 5.03. The van der Waals surface area contributed by atoms with Crippen LogP contribution in [0.2, 0.25) is 0 Å². The number of hydrogen-bond donors (Lipinski definition) is 0. The van der Waals surface area contributed by atoms with E-state index in [1.54, 1.807) is 12.5 Å². The van der Waals surface area contributed by atoms with E-state index in [2.05, 4.69) is 11.9 Å². The molecule has 3 rings (SSSR count). The lowest BCUT2D eigenvalue weighted by Gasteiger charge is -2.17. The molecule has 0 bridgehead atoms. The van der Waals surface area contributed by atoms with Crippen molar-refractivity contribution in [1.29, 1.82) is 0 Å². The number of rotatable bonds is 9. The van der Waals surface area contributed by atoms with E-state index < -0.39 is 0 Å². The molecule has 2 aromatic carbocycles. The lowest BCUT2D eigenvalue weighted by atomic mass is 10.1. The first-order valence-corrected chi connectivity index (χ1v) is 9.64. The van der Waals surface area contributed by atoms with Gasteiger partial charge < -0.3 is 14.0 Å². The summed E-state index contributed by atoms with van der Waals surface area (Å²) in [7, 11) is 0. The molecule has 0 aliphatic heterocycles. The number of ether oxygens (including phenoxy) is 2. The number of unbranched alkanes of at least 4 members (excludes halogenated alkanes) is 1. The van der Waals surface area contributed by atoms with Crippen LogP contribution in [0.4, 0.5) is 0 Å². The van der Waals surface area contributed by atoms with Gasteiger partial charge in [0.25, 0.3) is 0 Å². The molecule has 0 amide bonds. The highest BCUT2D eigenvalue weighted by molar-refractivity contribution is 5.87. The van der Waals surface area contributed by atoms with Gasteiger partial charge in [0.1, 0.15) is 18.1 Å². The molecule has 1 unspecified atom stereocenters. The lowest BCUT2D eigenvalue weighted by molar-refractivity contribution is 0.0486. The number of nitrogens with zero attached hydrogens (tertiary/aromatic N) is 2. The molecule has 0 fully saturated rings. The van der Waals surface area contributed by atoms with Gasteiger partial charge in [-0.1, -0.05) is 55.8 Å². The number of imidazole rings is 1. The molecule has 0 aliphatic rings. The van der Waals surface area contributed by atoms with Crippen molar-refractivity contribution < 1.29 is 14.3 Å². The number of carbonyl (C=O) groups is 1. The van der Waals surface area contributed by atoms with Crippen LogP contribution in [0.15, 0.2) is 67.1 Å². The molecule has 0 saturated carbocycles. The quantitative estimate of drug-likeness (QED) is 0.387. The minimum absolute atomic E-state index is 0.0422. The molecule has 1 atom stereocenters. The second-order valence-corrected chi connectivity index (χ2v) is 6.69. The maximum atomic E-state index is 12.3. The molecule has 0 saturated heterocycles. The topological polar surface area (TPSA) is 53.3 Å². The Morgan fingerprint density at radius 1 is 1.11 bits per heavy atom. The van der Waals surface area contributed by atoms with Crippen LogP contribution in [0, 0.1) is 0 Å². The third-order valence-electron chi connectivity index (χ3n) is 4.63. The predicted molar refractivity (Wildman–Crippen MR) is 108 cm³/mol. The maximum Gasteiger partial charge on any atom is 0.356 e. The number of carbonyl (C=O) groups excluding carboxylic acids is 1.